The highest BCUT2D eigenvalue weighted by atomic mass is 16.6. The molecule has 0 radical (unpaired) electrons. The lowest BCUT2D eigenvalue weighted by molar-refractivity contribution is -0.147. The number of carbonyl (C=O) groups is 1. The summed E-state index contributed by atoms with van der Waals surface area (Å²) < 4.78 is 22.1. The first-order chi connectivity index (χ1) is 16.5. The predicted octanol–water partition coefficient (Wildman–Crippen LogP) is 4.82. The van der Waals surface area contributed by atoms with Gasteiger partial charge in [-0.2, -0.15) is 0 Å². The third-order valence-corrected chi connectivity index (χ3v) is 5.00. The van der Waals surface area contributed by atoms with Gasteiger partial charge in [0.2, 0.25) is 0 Å². The van der Waals surface area contributed by atoms with Gasteiger partial charge in [-0.1, -0.05) is 6.07 Å². The lowest BCUT2D eigenvalue weighted by Crippen LogP contribution is -2.25. The molecule has 0 unspecified atom stereocenters. The number of esters is 1. The summed E-state index contributed by atoms with van der Waals surface area (Å²) in [5.41, 5.74) is 2.27. The van der Waals surface area contributed by atoms with Crippen molar-refractivity contribution in [3.8, 4) is 23.0 Å². The minimum atomic E-state index is -0.795. The van der Waals surface area contributed by atoms with E-state index in [0.717, 1.165) is 5.69 Å². The maximum Gasteiger partial charge on any atom is 0.346 e. The maximum absolute atomic E-state index is 11.9. The van der Waals surface area contributed by atoms with Crippen LogP contribution in [0.15, 0.2) is 61.1 Å². The Kier molecular flexibility index (Phi) is 6.72. The summed E-state index contributed by atoms with van der Waals surface area (Å²) >= 11 is 0. The number of hydrogen-bond donors (Lipinski definition) is 1. The molecule has 9 heteroatoms. The second-order valence-electron chi connectivity index (χ2n) is 7.38. The number of aryl methyl sites for hydroxylation is 1. The van der Waals surface area contributed by atoms with Crippen LogP contribution in [0.1, 0.15) is 12.6 Å². The monoisotopic (exact) mass is 460 g/mol. The highest BCUT2D eigenvalue weighted by Crippen LogP contribution is 2.36. The number of aromatic nitrogens is 3. The van der Waals surface area contributed by atoms with E-state index >= 15 is 0 Å². The zero-order chi connectivity index (χ0) is 24.1. The Morgan fingerprint density at radius 2 is 1.82 bits per heavy atom. The molecule has 0 amide bonds. The van der Waals surface area contributed by atoms with Crippen molar-refractivity contribution in [2.75, 3.05) is 19.5 Å². The summed E-state index contributed by atoms with van der Waals surface area (Å²) in [6.07, 6.45) is 2.32. The van der Waals surface area contributed by atoms with E-state index in [4.69, 9.17) is 18.9 Å². The van der Waals surface area contributed by atoms with Gasteiger partial charge in [-0.15, -0.1) is 0 Å². The number of hydrogen-bond acceptors (Lipinski definition) is 9. The summed E-state index contributed by atoms with van der Waals surface area (Å²) in [6.45, 7) is 3.53. The number of ether oxygens (including phenoxy) is 4. The summed E-state index contributed by atoms with van der Waals surface area (Å²) in [5.74, 6) is 2.16. The summed E-state index contributed by atoms with van der Waals surface area (Å²) in [4.78, 5) is 24.8. The van der Waals surface area contributed by atoms with Gasteiger partial charge in [0.15, 0.2) is 17.6 Å². The van der Waals surface area contributed by atoms with E-state index in [2.05, 4.69) is 20.3 Å². The Morgan fingerprint density at radius 3 is 2.56 bits per heavy atom. The zero-order valence-corrected chi connectivity index (χ0v) is 19.2. The summed E-state index contributed by atoms with van der Waals surface area (Å²) in [6, 6.07) is 14.5. The van der Waals surface area contributed by atoms with Crippen LogP contribution >= 0.6 is 0 Å². The van der Waals surface area contributed by atoms with Gasteiger partial charge in [0.05, 0.1) is 31.3 Å². The van der Waals surface area contributed by atoms with E-state index in [0.29, 0.717) is 45.4 Å². The van der Waals surface area contributed by atoms with Gasteiger partial charge < -0.3 is 24.3 Å². The molecule has 0 saturated carbocycles. The molecule has 0 spiro atoms. The van der Waals surface area contributed by atoms with Gasteiger partial charge in [-0.25, -0.2) is 14.8 Å². The van der Waals surface area contributed by atoms with Crippen molar-refractivity contribution in [1.82, 2.24) is 15.0 Å². The molecule has 9 nitrogen and oxygen atoms in total. The third-order valence-electron chi connectivity index (χ3n) is 5.00. The van der Waals surface area contributed by atoms with Crippen LogP contribution in [0, 0.1) is 6.92 Å². The normalized spacial score (nSPS) is 11.5. The maximum atomic E-state index is 11.9. The number of fused-ring (bicyclic) bond motifs is 1. The standard InChI is InChI=1S/C25H24N4O5/c1-15-8-10-18(13-26-15)34-20-11-9-17(12-22(20)31-3)29-24-23-19(27-14-28-24)6-5-7-21(23)33-16(2)25(30)32-4/h5-14,16H,1-4H3,(H,27,28,29)/t16-/m1/s1. The van der Waals surface area contributed by atoms with Gasteiger partial charge in [-0.3, -0.25) is 4.98 Å². The molecule has 0 saturated heterocycles. The molecule has 2 heterocycles. The smallest absolute Gasteiger partial charge is 0.346 e. The van der Waals surface area contributed by atoms with Gasteiger partial charge in [0, 0.05) is 17.4 Å². The van der Waals surface area contributed by atoms with Crippen LogP contribution in [-0.2, 0) is 9.53 Å². The highest BCUT2D eigenvalue weighted by Gasteiger charge is 2.18. The summed E-state index contributed by atoms with van der Waals surface area (Å²) in [5, 5.41) is 3.91. The van der Waals surface area contributed by atoms with Crippen molar-refractivity contribution in [2.24, 2.45) is 0 Å². The molecule has 34 heavy (non-hydrogen) atoms. The molecular formula is C25H24N4O5. The number of nitrogens with one attached hydrogen (secondary N) is 1. The van der Waals surface area contributed by atoms with E-state index in [9.17, 15) is 4.79 Å². The fourth-order valence-corrected chi connectivity index (χ4v) is 3.28. The van der Waals surface area contributed by atoms with Crippen LogP contribution in [0.5, 0.6) is 23.0 Å². The average molecular weight is 460 g/mol. The Hall–Kier alpha value is -4.40. The van der Waals surface area contributed by atoms with Gasteiger partial charge in [-0.05, 0) is 50.2 Å². The number of methoxy groups -OCH3 is 2. The van der Waals surface area contributed by atoms with Crippen LogP contribution in [0.4, 0.5) is 11.5 Å². The number of anilines is 2. The van der Waals surface area contributed by atoms with E-state index in [1.165, 1.54) is 13.4 Å². The molecule has 2 aromatic heterocycles. The van der Waals surface area contributed by atoms with Crippen LogP contribution in [0.25, 0.3) is 10.9 Å². The molecule has 4 rings (SSSR count). The Morgan fingerprint density at radius 1 is 0.971 bits per heavy atom. The third kappa shape index (κ3) is 4.98. The van der Waals surface area contributed by atoms with Gasteiger partial charge in [0.25, 0.3) is 0 Å². The quantitative estimate of drug-likeness (QED) is 0.371. The van der Waals surface area contributed by atoms with Gasteiger partial charge in [0.1, 0.15) is 23.6 Å². The average Bonchev–Trinajstić information content (AvgIpc) is 2.86. The molecule has 0 aliphatic rings. The van der Waals surface area contributed by atoms with Crippen molar-refractivity contribution in [2.45, 2.75) is 20.0 Å². The van der Waals surface area contributed by atoms with Crippen molar-refractivity contribution in [3.63, 3.8) is 0 Å². The fraction of sp³-hybridized carbons (Fsp3) is 0.200. The number of benzene rings is 2. The minimum absolute atomic E-state index is 0.456. The SMILES string of the molecule is COC(=O)[C@@H](C)Oc1cccc2ncnc(Nc3ccc(Oc4ccc(C)nc4)c(OC)c3)c12. The topological polar surface area (TPSA) is 105 Å². The van der Waals surface area contributed by atoms with E-state index < -0.39 is 12.1 Å². The van der Waals surface area contributed by atoms with Crippen LogP contribution < -0.4 is 19.5 Å². The van der Waals surface area contributed by atoms with E-state index in [1.807, 2.05) is 31.2 Å². The Balaban J connectivity index is 1.64. The van der Waals surface area contributed by atoms with Crippen molar-refractivity contribution < 1.29 is 23.7 Å². The molecule has 174 valence electrons. The molecule has 4 aromatic rings. The van der Waals surface area contributed by atoms with Crippen molar-refractivity contribution in [1.29, 1.82) is 0 Å². The first-order valence-electron chi connectivity index (χ1n) is 10.5. The van der Waals surface area contributed by atoms with E-state index in [1.54, 1.807) is 44.5 Å². The second-order valence-corrected chi connectivity index (χ2v) is 7.38. The Bertz CT molecular complexity index is 1310. The molecule has 2 aromatic carbocycles. The number of rotatable bonds is 8. The number of carbonyl (C=O) groups excluding carboxylic acids is 1. The van der Waals surface area contributed by atoms with Crippen LogP contribution in [0.2, 0.25) is 0 Å². The molecule has 0 aliphatic heterocycles. The molecule has 0 bridgehead atoms. The predicted molar refractivity (Wildman–Crippen MR) is 127 cm³/mol. The fourth-order valence-electron chi connectivity index (χ4n) is 3.28. The summed E-state index contributed by atoms with van der Waals surface area (Å²) in [7, 11) is 2.89. The van der Waals surface area contributed by atoms with E-state index in [-0.39, 0.29) is 0 Å². The lowest BCUT2D eigenvalue weighted by Gasteiger charge is -2.17. The Labute approximate surface area is 196 Å². The molecule has 0 fully saturated rings. The number of nitrogens with zero attached hydrogens (tertiary/aromatic N) is 3. The minimum Gasteiger partial charge on any atom is -0.493 e. The largest absolute Gasteiger partial charge is 0.493 e. The molecular weight excluding hydrogens is 436 g/mol. The molecule has 0 aliphatic carbocycles. The highest BCUT2D eigenvalue weighted by molar-refractivity contribution is 5.96. The van der Waals surface area contributed by atoms with Crippen molar-refractivity contribution in [3.05, 3.63) is 66.7 Å². The van der Waals surface area contributed by atoms with Gasteiger partial charge >= 0.3 is 5.97 Å². The van der Waals surface area contributed by atoms with Crippen LogP contribution in [0.3, 0.4) is 0 Å². The first-order valence-corrected chi connectivity index (χ1v) is 10.5. The van der Waals surface area contributed by atoms with Crippen LogP contribution in [-0.4, -0.2) is 41.2 Å². The second kappa shape index (κ2) is 10.0. The first kappa shape index (κ1) is 22.8. The van der Waals surface area contributed by atoms with Crippen molar-refractivity contribution >= 4 is 28.4 Å². The number of pyridine rings is 1. The lowest BCUT2D eigenvalue weighted by atomic mass is 10.2. The molecule has 1 N–H and O–H groups in total. The zero-order valence-electron chi connectivity index (χ0n) is 19.2. The molecule has 1 atom stereocenters.